The summed E-state index contributed by atoms with van der Waals surface area (Å²) in [6.07, 6.45) is 5.68. The maximum absolute atomic E-state index is 5.97. The molecule has 0 radical (unpaired) electrons. The summed E-state index contributed by atoms with van der Waals surface area (Å²) in [5.74, 6) is 1.90. The van der Waals surface area contributed by atoms with E-state index in [-0.39, 0.29) is 0 Å². The molecular formula is C13H16ClN. The van der Waals surface area contributed by atoms with E-state index >= 15 is 0 Å². The van der Waals surface area contributed by atoms with Gasteiger partial charge >= 0.3 is 0 Å². The Morgan fingerprint density at radius 2 is 2.13 bits per heavy atom. The van der Waals surface area contributed by atoms with E-state index in [0.717, 1.165) is 16.9 Å². The van der Waals surface area contributed by atoms with Crippen LogP contribution >= 0.6 is 11.6 Å². The zero-order valence-corrected chi connectivity index (χ0v) is 9.50. The zero-order valence-electron chi connectivity index (χ0n) is 8.75. The lowest BCUT2D eigenvalue weighted by molar-refractivity contribution is 0.440. The molecule has 1 nitrogen and oxygen atoms in total. The van der Waals surface area contributed by atoms with Crippen molar-refractivity contribution in [2.75, 3.05) is 5.32 Å². The summed E-state index contributed by atoms with van der Waals surface area (Å²) in [4.78, 5) is 0. The Balaban J connectivity index is 1.71. The van der Waals surface area contributed by atoms with Crippen molar-refractivity contribution in [3.05, 3.63) is 29.3 Å². The van der Waals surface area contributed by atoms with Crippen LogP contribution in [-0.2, 0) is 0 Å². The van der Waals surface area contributed by atoms with Crippen molar-refractivity contribution in [1.82, 2.24) is 0 Å². The Bertz CT molecular complexity index is 363. The van der Waals surface area contributed by atoms with E-state index in [1.165, 1.54) is 31.4 Å². The Morgan fingerprint density at radius 3 is 2.80 bits per heavy atom. The van der Waals surface area contributed by atoms with E-state index in [9.17, 15) is 0 Å². The maximum atomic E-state index is 5.97. The Morgan fingerprint density at radius 1 is 1.20 bits per heavy atom. The quantitative estimate of drug-likeness (QED) is 0.798. The van der Waals surface area contributed by atoms with Crippen LogP contribution in [0.5, 0.6) is 0 Å². The highest BCUT2D eigenvalue weighted by atomic mass is 35.5. The van der Waals surface area contributed by atoms with Crippen LogP contribution in [0.3, 0.4) is 0 Å². The molecule has 3 unspecified atom stereocenters. The third-order valence-corrected chi connectivity index (χ3v) is 4.15. The number of fused-ring (bicyclic) bond motifs is 2. The predicted molar refractivity (Wildman–Crippen MR) is 64.3 cm³/mol. The lowest BCUT2D eigenvalue weighted by atomic mass is 9.95. The summed E-state index contributed by atoms with van der Waals surface area (Å²) < 4.78 is 0. The first kappa shape index (κ1) is 9.53. The van der Waals surface area contributed by atoms with Crippen molar-refractivity contribution >= 4 is 17.3 Å². The van der Waals surface area contributed by atoms with Crippen LogP contribution in [-0.4, -0.2) is 6.04 Å². The van der Waals surface area contributed by atoms with E-state index in [4.69, 9.17) is 11.6 Å². The fourth-order valence-corrected chi connectivity index (χ4v) is 3.40. The number of halogens is 1. The van der Waals surface area contributed by atoms with E-state index in [1.54, 1.807) is 0 Å². The van der Waals surface area contributed by atoms with Gasteiger partial charge in [-0.3, -0.25) is 0 Å². The van der Waals surface area contributed by atoms with Gasteiger partial charge < -0.3 is 5.32 Å². The predicted octanol–water partition coefficient (Wildman–Crippen LogP) is 3.94. The van der Waals surface area contributed by atoms with Gasteiger partial charge in [-0.1, -0.05) is 24.1 Å². The van der Waals surface area contributed by atoms with Gasteiger partial charge in [0.25, 0.3) is 0 Å². The second-order valence-corrected chi connectivity index (χ2v) is 5.37. The first-order valence-electron chi connectivity index (χ1n) is 5.83. The molecule has 0 aliphatic heterocycles. The topological polar surface area (TPSA) is 12.0 Å². The molecule has 0 heterocycles. The van der Waals surface area contributed by atoms with E-state index in [2.05, 4.69) is 11.4 Å². The highest BCUT2D eigenvalue weighted by molar-refractivity contribution is 6.30. The third-order valence-electron chi connectivity index (χ3n) is 3.91. The monoisotopic (exact) mass is 221 g/mol. The molecule has 15 heavy (non-hydrogen) atoms. The molecular weight excluding hydrogens is 206 g/mol. The molecule has 1 N–H and O–H groups in total. The van der Waals surface area contributed by atoms with Crippen LogP contribution < -0.4 is 5.32 Å². The minimum Gasteiger partial charge on any atom is -0.382 e. The van der Waals surface area contributed by atoms with Crippen LogP contribution in [0, 0.1) is 11.8 Å². The maximum Gasteiger partial charge on any atom is 0.0426 e. The number of anilines is 1. The van der Waals surface area contributed by atoms with Crippen LogP contribution in [0.15, 0.2) is 24.3 Å². The summed E-state index contributed by atoms with van der Waals surface area (Å²) in [5, 5.41) is 4.45. The molecule has 0 spiro atoms. The van der Waals surface area contributed by atoms with Gasteiger partial charge in [0.2, 0.25) is 0 Å². The van der Waals surface area contributed by atoms with Gasteiger partial charge in [0.1, 0.15) is 0 Å². The molecule has 3 atom stereocenters. The summed E-state index contributed by atoms with van der Waals surface area (Å²) in [6, 6.07) is 8.76. The van der Waals surface area contributed by atoms with Crippen LogP contribution in [0.4, 0.5) is 5.69 Å². The first-order chi connectivity index (χ1) is 7.31. The summed E-state index contributed by atoms with van der Waals surface area (Å²) in [7, 11) is 0. The van der Waals surface area contributed by atoms with Crippen molar-refractivity contribution in [2.45, 2.75) is 31.7 Å². The van der Waals surface area contributed by atoms with E-state index in [1.807, 2.05) is 18.2 Å². The molecule has 80 valence electrons. The fourth-order valence-electron chi connectivity index (χ4n) is 3.21. The standard InChI is InChI=1S/C13H16ClN/c14-11-2-1-3-12(8-11)15-13-7-9-4-5-10(13)6-9/h1-3,8-10,13,15H,4-7H2. The Kier molecular flexibility index (Phi) is 2.36. The normalized spacial score (nSPS) is 33.3. The summed E-state index contributed by atoms with van der Waals surface area (Å²) in [6.45, 7) is 0. The van der Waals surface area contributed by atoms with Crippen LogP contribution in [0.25, 0.3) is 0 Å². The molecule has 2 bridgehead atoms. The fraction of sp³-hybridized carbons (Fsp3) is 0.538. The van der Waals surface area contributed by atoms with Gasteiger partial charge in [0, 0.05) is 16.8 Å². The summed E-state index contributed by atoms with van der Waals surface area (Å²) in [5.41, 5.74) is 1.18. The third kappa shape index (κ3) is 1.85. The minimum absolute atomic E-state index is 0.696. The Labute approximate surface area is 95.8 Å². The average Bonchev–Trinajstić information content (AvgIpc) is 2.79. The molecule has 2 aliphatic carbocycles. The molecule has 1 aromatic rings. The van der Waals surface area contributed by atoms with E-state index < -0.39 is 0 Å². The number of benzene rings is 1. The van der Waals surface area contributed by atoms with Crippen molar-refractivity contribution in [3.8, 4) is 0 Å². The minimum atomic E-state index is 0.696. The van der Waals surface area contributed by atoms with Gasteiger partial charge in [-0.05, 0) is 49.3 Å². The zero-order chi connectivity index (χ0) is 10.3. The number of hydrogen-bond acceptors (Lipinski definition) is 1. The van der Waals surface area contributed by atoms with Gasteiger partial charge in [-0.15, -0.1) is 0 Å². The Hall–Kier alpha value is -0.690. The molecule has 1 aromatic carbocycles. The lowest BCUT2D eigenvalue weighted by Crippen LogP contribution is -2.25. The molecule has 3 rings (SSSR count). The molecule has 2 saturated carbocycles. The highest BCUT2D eigenvalue weighted by Crippen LogP contribution is 2.45. The van der Waals surface area contributed by atoms with Gasteiger partial charge in [0.05, 0.1) is 0 Å². The van der Waals surface area contributed by atoms with Crippen molar-refractivity contribution in [1.29, 1.82) is 0 Å². The molecule has 0 amide bonds. The van der Waals surface area contributed by atoms with Gasteiger partial charge in [-0.2, -0.15) is 0 Å². The lowest BCUT2D eigenvalue weighted by Gasteiger charge is -2.24. The average molecular weight is 222 g/mol. The van der Waals surface area contributed by atoms with Crippen molar-refractivity contribution in [2.24, 2.45) is 11.8 Å². The number of hydrogen-bond donors (Lipinski definition) is 1. The molecule has 2 aliphatic rings. The highest BCUT2D eigenvalue weighted by Gasteiger charge is 2.39. The largest absolute Gasteiger partial charge is 0.382 e. The van der Waals surface area contributed by atoms with Crippen LogP contribution in [0.1, 0.15) is 25.7 Å². The molecule has 2 heteroatoms. The second kappa shape index (κ2) is 3.71. The number of rotatable bonds is 2. The second-order valence-electron chi connectivity index (χ2n) is 4.94. The molecule has 2 fully saturated rings. The van der Waals surface area contributed by atoms with Gasteiger partial charge in [0.15, 0.2) is 0 Å². The smallest absolute Gasteiger partial charge is 0.0426 e. The van der Waals surface area contributed by atoms with Crippen LogP contribution in [0.2, 0.25) is 5.02 Å². The molecule has 0 saturated heterocycles. The summed E-state index contributed by atoms with van der Waals surface area (Å²) >= 11 is 5.97. The van der Waals surface area contributed by atoms with Gasteiger partial charge in [-0.25, -0.2) is 0 Å². The van der Waals surface area contributed by atoms with E-state index in [0.29, 0.717) is 6.04 Å². The number of nitrogens with one attached hydrogen (secondary N) is 1. The first-order valence-corrected chi connectivity index (χ1v) is 6.21. The molecule has 0 aromatic heterocycles. The van der Waals surface area contributed by atoms with Crippen molar-refractivity contribution < 1.29 is 0 Å². The van der Waals surface area contributed by atoms with Crippen molar-refractivity contribution in [3.63, 3.8) is 0 Å². The SMILES string of the molecule is Clc1cccc(NC2CC3CCC2C3)c1.